The summed E-state index contributed by atoms with van der Waals surface area (Å²) in [5, 5.41) is 12.5. The Morgan fingerprint density at radius 1 is 1.38 bits per heavy atom. The molecule has 2 amide bonds. The molecule has 1 aliphatic heterocycles. The van der Waals surface area contributed by atoms with Gasteiger partial charge in [-0.25, -0.2) is 13.9 Å². The average molecular weight is 398 g/mol. The predicted molar refractivity (Wildman–Crippen MR) is 102 cm³/mol. The van der Waals surface area contributed by atoms with Gasteiger partial charge in [-0.15, -0.1) is 0 Å². The summed E-state index contributed by atoms with van der Waals surface area (Å²) in [5.74, 6) is -0.477. The lowest BCUT2D eigenvalue weighted by Crippen LogP contribution is -2.45. The third-order valence-electron chi connectivity index (χ3n) is 4.67. The number of benzene rings is 1. The van der Waals surface area contributed by atoms with Gasteiger partial charge in [0.25, 0.3) is 11.8 Å². The zero-order valence-electron chi connectivity index (χ0n) is 15.8. The molecule has 0 saturated carbocycles. The van der Waals surface area contributed by atoms with E-state index in [9.17, 15) is 14.0 Å². The van der Waals surface area contributed by atoms with Crippen LogP contribution < -0.4 is 20.7 Å². The van der Waals surface area contributed by atoms with Gasteiger partial charge in [-0.3, -0.25) is 9.59 Å². The van der Waals surface area contributed by atoms with Crippen LogP contribution in [0.3, 0.4) is 0 Å². The normalized spacial score (nSPS) is 19.1. The second kappa shape index (κ2) is 7.38. The van der Waals surface area contributed by atoms with Crippen molar-refractivity contribution in [2.75, 3.05) is 18.9 Å². The Kier molecular flexibility index (Phi) is 4.75. The zero-order chi connectivity index (χ0) is 20.5. The maximum Gasteiger partial charge on any atom is 0.262 e. The number of fused-ring (bicyclic) bond motifs is 2. The molecule has 1 aliphatic rings. The molecule has 3 heterocycles. The number of amides is 2. The van der Waals surface area contributed by atoms with E-state index in [0.29, 0.717) is 22.8 Å². The van der Waals surface area contributed by atoms with Crippen molar-refractivity contribution in [2.45, 2.75) is 19.1 Å². The molecule has 2 bridgehead atoms. The lowest BCUT2D eigenvalue weighted by Gasteiger charge is -2.23. The van der Waals surface area contributed by atoms with Crippen molar-refractivity contribution < 1.29 is 18.7 Å². The van der Waals surface area contributed by atoms with E-state index in [0.717, 1.165) is 0 Å². The third-order valence-corrected chi connectivity index (χ3v) is 4.67. The molecule has 10 heteroatoms. The molecule has 0 fully saturated rings. The number of nitrogens with zero attached hydrogens (tertiary/aromatic N) is 3. The van der Waals surface area contributed by atoms with Gasteiger partial charge < -0.3 is 20.7 Å². The topological polar surface area (TPSA) is 110 Å². The second-order valence-electron chi connectivity index (χ2n) is 6.62. The molecular weight excluding hydrogens is 379 g/mol. The van der Waals surface area contributed by atoms with Crippen LogP contribution in [-0.2, 0) is 4.79 Å². The van der Waals surface area contributed by atoms with Crippen LogP contribution in [0.1, 0.15) is 28.9 Å². The molecule has 3 N–H and O–H groups in total. The van der Waals surface area contributed by atoms with Crippen molar-refractivity contribution in [1.29, 1.82) is 0 Å². The summed E-state index contributed by atoms with van der Waals surface area (Å²) in [6.07, 6.45) is 2.07. The van der Waals surface area contributed by atoms with Gasteiger partial charge in [0.05, 0.1) is 18.8 Å². The minimum absolute atomic E-state index is 0.0891. The van der Waals surface area contributed by atoms with Crippen LogP contribution in [0.15, 0.2) is 36.7 Å². The highest BCUT2D eigenvalue weighted by Gasteiger charge is 2.25. The van der Waals surface area contributed by atoms with Crippen LogP contribution in [0.2, 0.25) is 0 Å². The summed E-state index contributed by atoms with van der Waals surface area (Å²) in [7, 11) is 1.47. The molecular formula is C19H19FN6O3. The van der Waals surface area contributed by atoms with Crippen molar-refractivity contribution in [3.05, 3.63) is 53.6 Å². The van der Waals surface area contributed by atoms with Crippen LogP contribution in [0.5, 0.6) is 5.75 Å². The summed E-state index contributed by atoms with van der Waals surface area (Å²) in [5.41, 5.74) is 1.13. The summed E-state index contributed by atoms with van der Waals surface area (Å²) < 4.78 is 21.3. The highest BCUT2D eigenvalue weighted by Crippen LogP contribution is 2.29. The molecule has 0 spiro atoms. The summed E-state index contributed by atoms with van der Waals surface area (Å²) in [6.45, 7) is 1.73. The van der Waals surface area contributed by atoms with Crippen LogP contribution in [-0.4, -0.2) is 46.1 Å². The molecule has 0 aliphatic carbocycles. The predicted octanol–water partition coefficient (Wildman–Crippen LogP) is 1.28. The molecule has 1 unspecified atom stereocenters. The lowest BCUT2D eigenvalue weighted by molar-refractivity contribution is -0.127. The van der Waals surface area contributed by atoms with Gasteiger partial charge in [0.15, 0.2) is 11.8 Å². The third kappa shape index (κ3) is 3.56. The van der Waals surface area contributed by atoms with Crippen LogP contribution in [0, 0.1) is 5.82 Å². The Labute approximate surface area is 165 Å². The number of anilines is 1. The Hall–Kier alpha value is -3.69. The average Bonchev–Trinajstić information content (AvgIpc) is 3.14. The quantitative estimate of drug-likeness (QED) is 0.570. The first-order valence-electron chi connectivity index (χ1n) is 9.03. The van der Waals surface area contributed by atoms with Gasteiger partial charge in [0.2, 0.25) is 0 Å². The number of nitrogens with one attached hydrogen (secondary N) is 3. The molecule has 1 aromatic carbocycles. The van der Waals surface area contributed by atoms with Crippen LogP contribution >= 0.6 is 0 Å². The van der Waals surface area contributed by atoms with Crippen LogP contribution in [0.4, 0.5) is 10.2 Å². The molecule has 0 radical (unpaired) electrons. The van der Waals surface area contributed by atoms with E-state index in [1.807, 2.05) is 6.92 Å². The number of halogens is 1. The number of ether oxygens (including phenoxy) is 1. The number of carbonyl (C=O) groups excluding carboxylic acids is 2. The van der Waals surface area contributed by atoms with Gasteiger partial charge >= 0.3 is 0 Å². The van der Waals surface area contributed by atoms with E-state index in [1.54, 1.807) is 12.3 Å². The maximum absolute atomic E-state index is 13.9. The molecule has 3 aromatic rings. The second-order valence-corrected chi connectivity index (χ2v) is 6.62. The van der Waals surface area contributed by atoms with E-state index in [4.69, 9.17) is 4.74 Å². The van der Waals surface area contributed by atoms with E-state index in [2.05, 4.69) is 26.0 Å². The molecule has 4 rings (SSSR count). The Morgan fingerprint density at radius 3 is 3.00 bits per heavy atom. The smallest absolute Gasteiger partial charge is 0.262 e. The molecule has 150 valence electrons. The minimum atomic E-state index is -1.01. The Bertz CT molecular complexity index is 1100. The van der Waals surface area contributed by atoms with E-state index < -0.39 is 29.8 Å². The van der Waals surface area contributed by atoms with Crippen molar-refractivity contribution in [2.24, 2.45) is 0 Å². The number of hydrogen-bond acceptors (Lipinski definition) is 6. The van der Waals surface area contributed by atoms with Crippen molar-refractivity contribution in [3.8, 4) is 5.75 Å². The lowest BCUT2D eigenvalue weighted by atomic mass is 10.1. The summed E-state index contributed by atoms with van der Waals surface area (Å²) in [4.78, 5) is 29.4. The number of rotatable bonds is 1. The van der Waals surface area contributed by atoms with Crippen molar-refractivity contribution in [3.63, 3.8) is 0 Å². The van der Waals surface area contributed by atoms with Crippen LogP contribution in [0.25, 0.3) is 5.65 Å². The number of hydrogen-bond donors (Lipinski definition) is 3. The molecule has 2 atom stereocenters. The highest BCUT2D eigenvalue weighted by molar-refractivity contribution is 6.00. The largest absolute Gasteiger partial charge is 0.478 e. The van der Waals surface area contributed by atoms with Crippen molar-refractivity contribution in [1.82, 2.24) is 25.2 Å². The fourth-order valence-electron chi connectivity index (χ4n) is 3.16. The number of aromatic nitrogens is 3. The van der Waals surface area contributed by atoms with Crippen molar-refractivity contribution >= 4 is 23.3 Å². The number of likely N-dealkylation sites (N-methyl/N-ethyl adjacent to an activating group) is 1. The highest BCUT2D eigenvalue weighted by atomic mass is 19.1. The first-order valence-corrected chi connectivity index (χ1v) is 9.03. The zero-order valence-corrected chi connectivity index (χ0v) is 15.8. The fourth-order valence-corrected chi connectivity index (χ4v) is 3.16. The fraction of sp³-hybridized carbons (Fsp3) is 0.263. The molecule has 2 aromatic heterocycles. The van der Waals surface area contributed by atoms with Gasteiger partial charge in [-0.05, 0) is 31.2 Å². The first-order chi connectivity index (χ1) is 14.0. The molecule has 9 nitrogen and oxygen atoms in total. The van der Waals surface area contributed by atoms with Gasteiger partial charge in [-0.1, -0.05) is 0 Å². The summed E-state index contributed by atoms with van der Waals surface area (Å²) >= 11 is 0. The van der Waals surface area contributed by atoms with Gasteiger partial charge in [0, 0.05) is 18.8 Å². The first kappa shape index (κ1) is 18.7. The summed E-state index contributed by atoms with van der Waals surface area (Å²) in [6, 6.07) is 5.37. The van der Waals surface area contributed by atoms with Gasteiger partial charge in [-0.2, -0.15) is 5.10 Å². The molecule has 29 heavy (non-hydrogen) atoms. The molecule has 0 saturated heterocycles. The monoisotopic (exact) mass is 398 g/mol. The van der Waals surface area contributed by atoms with E-state index in [1.165, 1.54) is 36.0 Å². The SMILES string of the molecule is CNC(=O)[C@H]1CNC(=O)c2cnn3ccc(nc23)NC(C)c2cc(F)ccc2O1. The maximum atomic E-state index is 13.9. The van der Waals surface area contributed by atoms with Gasteiger partial charge in [0.1, 0.15) is 22.9 Å². The number of carbonyl (C=O) groups is 2. The van der Waals surface area contributed by atoms with E-state index >= 15 is 0 Å². The standard InChI is InChI=1S/C19H19FN6O3/c1-10-12-7-11(20)3-4-14(12)29-15(19(28)21-2)9-22-18(27)13-8-23-26-6-5-16(24-10)25-17(13)26/h3-8,10,15H,9H2,1-2H3,(H,21,28)(H,22,27)(H,24,25)/t10?,15-/m1/s1. The minimum Gasteiger partial charge on any atom is -0.478 e. The Morgan fingerprint density at radius 2 is 2.21 bits per heavy atom. The van der Waals surface area contributed by atoms with E-state index in [-0.39, 0.29) is 12.1 Å². The Balaban J connectivity index is 1.83.